The molecule has 0 aliphatic rings. The van der Waals surface area contributed by atoms with Gasteiger partial charge in [0.1, 0.15) is 16.7 Å². The van der Waals surface area contributed by atoms with E-state index in [0.717, 1.165) is 0 Å². The van der Waals surface area contributed by atoms with Gasteiger partial charge in [0.15, 0.2) is 11.5 Å². The molecule has 0 bridgehead atoms. The van der Waals surface area contributed by atoms with Crippen LogP contribution in [0.4, 0.5) is 18.9 Å². The summed E-state index contributed by atoms with van der Waals surface area (Å²) in [5.74, 6) is -2.10. The molecule has 0 fully saturated rings. The summed E-state index contributed by atoms with van der Waals surface area (Å²) in [5.41, 5.74) is 4.33. The molecule has 0 saturated carbocycles. The third-order valence-corrected chi connectivity index (χ3v) is 4.78. The number of amides is 2. The van der Waals surface area contributed by atoms with Crippen molar-refractivity contribution in [2.75, 3.05) is 5.32 Å². The number of carbonyl (C=O) groups excluding carboxylic acids is 2. The summed E-state index contributed by atoms with van der Waals surface area (Å²) in [7, 11) is 0. The van der Waals surface area contributed by atoms with Gasteiger partial charge in [0.2, 0.25) is 0 Å². The third-order valence-electron chi connectivity index (χ3n) is 4.48. The van der Waals surface area contributed by atoms with Crippen LogP contribution < -0.4 is 11.1 Å². The molecule has 4 aromatic rings. The minimum Gasteiger partial charge on any atom is -0.365 e. The smallest absolute Gasteiger partial charge is 0.365 e. The Morgan fingerprint density at radius 3 is 2.69 bits per heavy atom. The highest BCUT2D eigenvalue weighted by molar-refractivity contribution is 6.32. The number of nitrogens with two attached hydrogens (primary N) is 1. The molecule has 0 unspecified atom stereocenters. The lowest BCUT2D eigenvalue weighted by Crippen LogP contribution is -2.22. The molecule has 0 aliphatic carbocycles. The Morgan fingerprint density at radius 1 is 1.28 bits per heavy atom. The largest absolute Gasteiger partial charge is 0.435 e. The fourth-order valence-corrected chi connectivity index (χ4v) is 3.28. The first kappa shape index (κ1) is 21.2. The van der Waals surface area contributed by atoms with Crippen molar-refractivity contribution in [3.05, 3.63) is 58.0 Å². The lowest BCUT2D eigenvalue weighted by Gasteiger charge is -2.13. The summed E-state index contributed by atoms with van der Waals surface area (Å²) in [6, 6.07) is 4.93. The molecule has 4 N–H and O–H groups in total. The highest BCUT2D eigenvalue weighted by Gasteiger charge is 2.37. The second kappa shape index (κ2) is 7.60. The number of benzene rings is 1. The number of H-pyrrole nitrogens is 1. The number of nitrogens with zero attached hydrogens (tertiary/aromatic N) is 5. The lowest BCUT2D eigenvalue weighted by atomic mass is 10.0. The molecule has 0 saturated heterocycles. The SMILES string of the molecule is Cc1cc2nn[nH]c2c(C(N)=O)c1NC(=O)c1cc(C(F)(F)F)nn1-c1ncccc1Cl. The van der Waals surface area contributed by atoms with Gasteiger partial charge in [-0.2, -0.15) is 18.3 Å². The Balaban J connectivity index is 1.85. The van der Waals surface area contributed by atoms with Crippen LogP contribution in [0.15, 0.2) is 30.5 Å². The number of alkyl halides is 3. The predicted octanol–water partition coefficient (Wildman–Crippen LogP) is 2.87. The summed E-state index contributed by atoms with van der Waals surface area (Å²) in [5, 5.41) is 15.8. The second-order valence-electron chi connectivity index (χ2n) is 6.60. The van der Waals surface area contributed by atoms with Crippen molar-refractivity contribution in [2.45, 2.75) is 13.1 Å². The van der Waals surface area contributed by atoms with E-state index in [4.69, 9.17) is 17.3 Å². The standard InChI is InChI=1S/C18H12ClF3N8O2/c1-7-5-9-14(27-29-26-9)12(15(23)31)13(7)25-17(32)10-6-11(18(20,21)22)28-30(10)16-8(19)3-2-4-24-16/h2-6H,1H3,(H2,23,31)(H,25,32)(H,26,27,29). The maximum absolute atomic E-state index is 13.3. The van der Waals surface area contributed by atoms with Crippen LogP contribution in [0.1, 0.15) is 32.1 Å². The lowest BCUT2D eigenvalue weighted by molar-refractivity contribution is -0.141. The summed E-state index contributed by atoms with van der Waals surface area (Å²) in [4.78, 5) is 29.0. The molecule has 32 heavy (non-hydrogen) atoms. The van der Waals surface area contributed by atoms with E-state index in [2.05, 4.69) is 30.8 Å². The number of aryl methyl sites for hydroxylation is 1. The zero-order valence-electron chi connectivity index (χ0n) is 16.0. The predicted molar refractivity (Wildman–Crippen MR) is 106 cm³/mol. The highest BCUT2D eigenvalue weighted by Crippen LogP contribution is 2.32. The maximum atomic E-state index is 13.3. The zero-order valence-corrected chi connectivity index (χ0v) is 16.8. The Labute approximate surface area is 181 Å². The maximum Gasteiger partial charge on any atom is 0.435 e. The molecule has 4 rings (SSSR count). The topological polar surface area (TPSA) is 144 Å². The van der Waals surface area contributed by atoms with Crippen LogP contribution in [0.5, 0.6) is 0 Å². The highest BCUT2D eigenvalue weighted by atomic mass is 35.5. The molecule has 10 nitrogen and oxygen atoms in total. The number of hydrogen-bond acceptors (Lipinski definition) is 6. The summed E-state index contributed by atoms with van der Waals surface area (Å²) < 4.78 is 40.6. The van der Waals surface area contributed by atoms with Crippen LogP contribution >= 0.6 is 11.6 Å². The zero-order chi connectivity index (χ0) is 23.2. The Morgan fingerprint density at radius 2 is 2.03 bits per heavy atom. The summed E-state index contributed by atoms with van der Waals surface area (Å²) in [6.45, 7) is 1.56. The van der Waals surface area contributed by atoms with E-state index in [9.17, 15) is 22.8 Å². The van der Waals surface area contributed by atoms with Crippen LogP contribution in [-0.2, 0) is 6.18 Å². The van der Waals surface area contributed by atoms with Gasteiger partial charge >= 0.3 is 6.18 Å². The molecule has 1 aromatic carbocycles. The molecule has 164 valence electrons. The van der Waals surface area contributed by atoms with E-state index in [1.165, 1.54) is 24.4 Å². The number of aromatic nitrogens is 6. The van der Waals surface area contributed by atoms with Crippen LogP contribution in [0.2, 0.25) is 5.02 Å². The number of carbonyl (C=O) groups is 2. The summed E-state index contributed by atoms with van der Waals surface area (Å²) in [6.07, 6.45) is -3.55. The molecule has 0 radical (unpaired) electrons. The van der Waals surface area contributed by atoms with Gasteiger partial charge in [-0.25, -0.2) is 9.67 Å². The average Bonchev–Trinajstić information content (AvgIpc) is 3.35. The number of aromatic amines is 1. The van der Waals surface area contributed by atoms with Crippen molar-refractivity contribution >= 4 is 40.1 Å². The van der Waals surface area contributed by atoms with E-state index >= 15 is 0 Å². The fourth-order valence-electron chi connectivity index (χ4n) is 3.08. The molecule has 0 atom stereocenters. The first-order valence-electron chi connectivity index (χ1n) is 8.81. The van der Waals surface area contributed by atoms with Gasteiger partial charge < -0.3 is 11.1 Å². The molecule has 3 heterocycles. The van der Waals surface area contributed by atoms with Gasteiger partial charge in [-0.3, -0.25) is 14.7 Å². The van der Waals surface area contributed by atoms with Gasteiger partial charge in [-0.05, 0) is 30.7 Å². The number of nitrogens with one attached hydrogen (secondary N) is 2. The Hall–Kier alpha value is -4.00. The monoisotopic (exact) mass is 464 g/mol. The third kappa shape index (κ3) is 3.62. The van der Waals surface area contributed by atoms with E-state index in [1.54, 1.807) is 6.92 Å². The molecular weight excluding hydrogens is 453 g/mol. The second-order valence-corrected chi connectivity index (χ2v) is 7.01. The molecule has 14 heteroatoms. The van der Waals surface area contributed by atoms with Crippen LogP contribution in [0.25, 0.3) is 16.9 Å². The molecule has 2 amide bonds. The quantitative estimate of drug-likeness (QED) is 0.423. The normalized spacial score (nSPS) is 11.7. The van der Waals surface area contributed by atoms with Gasteiger partial charge in [0.05, 0.1) is 16.3 Å². The average molecular weight is 465 g/mol. The Bertz CT molecular complexity index is 1380. The van der Waals surface area contributed by atoms with Gasteiger partial charge in [-0.1, -0.05) is 16.8 Å². The van der Waals surface area contributed by atoms with Gasteiger partial charge in [-0.15, -0.1) is 5.10 Å². The molecule has 0 spiro atoms. The van der Waals surface area contributed by atoms with E-state index in [1.807, 2.05) is 0 Å². The number of hydrogen-bond donors (Lipinski definition) is 3. The van der Waals surface area contributed by atoms with Crippen LogP contribution in [-0.4, -0.2) is 42.0 Å². The van der Waals surface area contributed by atoms with Crippen molar-refractivity contribution in [1.82, 2.24) is 30.2 Å². The number of primary amides is 1. The van der Waals surface area contributed by atoms with Crippen molar-refractivity contribution in [1.29, 1.82) is 0 Å². The van der Waals surface area contributed by atoms with Gasteiger partial charge in [0, 0.05) is 12.3 Å². The number of rotatable bonds is 4. The molecule has 0 aliphatic heterocycles. The number of anilines is 1. The minimum absolute atomic E-state index is 0.0190. The fraction of sp³-hybridized carbons (Fsp3) is 0.111. The van der Waals surface area contributed by atoms with Crippen LogP contribution in [0.3, 0.4) is 0 Å². The van der Waals surface area contributed by atoms with E-state index < -0.39 is 29.4 Å². The Kier molecular flexibility index (Phi) is 5.05. The van der Waals surface area contributed by atoms with E-state index in [0.29, 0.717) is 21.8 Å². The minimum atomic E-state index is -4.84. The number of pyridine rings is 1. The first-order valence-corrected chi connectivity index (χ1v) is 9.19. The van der Waals surface area contributed by atoms with Gasteiger partial charge in [0.25, 0.3) is 11.8 Å². The first-order chi connectivity index (χ1) is 15.1. The number of halogens is 4. The summed E-state index contributed by atoms with van der Waals surface area (Å²) >= 11 is 6.05. The van der Waals surface area contributed by atoms with Crippen LogP contribution in [0, 0.1) is 6.92 Å². The molecular formula is C18H12ClF3N8O2. The van der Waals surface area contributed by atoms with Crippen molar-refractivity contribution in [3.8, 4) is 5.82 Å². The van der Waals surface area contributed by atoms with Crippen molar-refractivity contribution < 1.29 is 22.8 Å². The van der Waals surface area contributed by atoms with Crippen molar-refractivity contribution in [2.24, 2.45) is 5.73 Å². The number of fused-ring (bicyclic) bond motifs is 1. The van der Waals surface area contributed by atoms with Crippen molar-refractivity contribution in [3.63, 3.8) is 0 Å². The van der Waals surface area contributed by atoms with E-state index in [-0.39, 0.29) is 27.6 Å². The molecule has 3 aromatic heterocycles.